The number of benzene rings is 1. The van der Waals surface area contributed by atoms with Crippen LogP contribution in [0.25, 0.3) is 0 Å². The summed E-state index contributed by atoms with van der Waals surface area (Å²) in [5.74, 6) is -0.570. The molecule has 1 aromatic heterocycles. The van der Waals surface area contributed by atoms with E-state index in [2.05, 4.69) is 10.3 Å². The lowest BCUT2D eigenvalue weighted by atomic mass is 9.97. The van der Waals surface area contributed by atoms with E-state index in [9.17, 15) is 27.9 Å². The largest absolute Gasteiger partial charge is 0.416 e. The van der Waals surface area contributed by atoms with Gasteiger partial charge in [0.05, 0.1) is 24.5 Å². The zero-order chi connectivity index (χ0) is 21.0. The number of aliphatic hydroxyl groups excluding tert-OH is 1. The molecule has 0 saturated heterocycles. The Bertz CT molecular complexity index is 960. The molecule has 2 aromatic rings. The fourth-order valence-electron chi connectivity index (χ4n) is 3.30. The Hall–Kier alpha value is -2.33. The van der Waals surface area contributed by atoms with Gasteiger partial charge in [0.25, 0.3) is 0 Å². The van der Waals surface area contributed by atoms with Gasteiger partial charge in [-0.15, -0.1) is 0 Å². The van der Waals surface area contributed by atoms with Gasteiger partial charge in [0.15, 0.2) is 0 Å². The van der Waals surface area contributed by atoms with Crippen molar-refractivity contribution in [2.75, 3.05) is 17.7 Å². The van der Waals surface area contributed by atoms with Crippen molar-refractivity contribution in [1.29, 1.82) is 0 Å². The molecule has 1 aliphatic carbocycles. The number of hydrogen-bond donors (Lipinski definition) is 2. The summed E-state index contributed by atoms with van der Waals surface area (Å²) in [6.07, 6.45) is -1.18. The van der Waals surface area contributed by atoms with Gasteiger partial charge in [-0.2, -0.15) is 18.2 Å². The number of fused-ring (bicyclic) bond motifs is 1. The maximum atomic E-state index is 12.8. The summed E-state index contributed by atoms with van der Waals surface area (Å²) in [7, 11) is 0. The van der Waals surface area contributed by atoms with E-state index >= 15 is 0 Å². The van der Waals surface area contributed by atoms with Crippen molar-refractivity contribution in [3.8, 4) is 0 Å². The van der Waals surface area contributed by atoms with Gasteiger partial charge in [-0.3, -0.25) is 9.36 Å². The number of nitrogens with zero attached hydrogens (tertiary/aromatic N) is 2. The number of aromatic nitrogens is 2. The van der Waals surface area contributed by atoms with Crippen LogP contribution in [0.5, 0.6) is 0 Å². The number of amides is 1. The minimum Gasteiger partial charge on any atom is -0.395 e. The van der Waals surface area contributed by atoms with Gasteiger partial charge in [0.2, 0.25) is 5.91 Å². The number of thioether (sulfide) groups is 1. The molecule has 29 heavy (non-hydrogen) atoms. The van der Waals surface area contributed by atoms with E-state index in [0.717, 1.165) is 54.4 Å². The van der Waals surface area contributed by atoms with Crippen LogP contribution >= 0.6 is 11.8 Å². The van der Waals surface area contributed by atoms with Gasteiger partial charge in [-0.05, 0) is 43.9 Å². The van der Waals surface area contributed by atoms with Gasteiger partial charge in [-0.1, -0.05) is 17.8 Å². The average Bonchev–Trinajstić information content (AvgIpc) is 2.68. The lowest BCUT2D eigenvalue weighted by Crippen LogP contribution is -2.31. The number of carbonyl (C=O) groups is 1. The molecule has 0 unspecified atom stereocenters. The van der Waals surface area contributed by atoms with Crippen LogP contribution in [0, 0.1) is 0 Å². The lowest BCUT2D eigenvalue weighted by molar-refractivity contribution is -0.137. The third-order valence-corrected chi connectivity index (χ3v) is 5.61. The standard InChI is InChI=1S/C19H20F3N3O3S/c20-19(21,22)12-4-3-5-13(10-12)23-16(27)11-29-17-14-6-1-2-7-15(14)25(8-9-26)18(28)24-17/h3-5,10,26H,1-2,6-9,11H2,(H,23,27). The summed E-state index contributed by atoms with van der Waals surface area (Å²) in [6.45, 7) is 0.00899. The van der Waals surface area contributed by atoms with Crippen molar-refractivity contribution < 1.29 is 23.1 Å². The maximum absolute atomic E-state index is 12.8. The van der Waals surface area contributed by atoms with E-state index in [1.165, 1.54) is 16.7 Å². The van der Waals surface area contributed by atoms with Crippen molar-refractivity contribution in [3.05, 3.63) is 51.6 Å². The molecule has 156 valence electrons. The van der Waals surface area contributed by atoms with Gasteiger partial charge in [-0.25, -0.2) is 4.79 Å². The van der Waals surface area contributed by atoms with E-state index in [-0.39, 0.29) is 24.6 Å². The third-order valence-electron chi connectivity index (χ3n) is 4.59. The smallest absolute Gasteiger partial charge is 0.395 e. The Morgan fingerprint density at radius 3 is 2.76 bits per heavy atom. The van der Waals surface area contributed by atoms with E-state index in [1.807, 2.05) is 0 Å². The second kappa shape index (κ2) is 9.00. The van der Waals surface area contributed by atoms with Crippen LogP contribution in [0.3, 0.4) is 0 Å². The number of aliphatic hydroxyl groups is 1. The number of hydrogen-bond acceptors (Lipinski definition) is 5. The molecule has 3 rings (SSSR count). The molecule has 6 nitrogen and oxygen atoms in total. The molecular formula is C19H20F3N3O3S. The van der Waals surface area contributed by atoms with Gasteiger partial charge in [0.1, 0.15) is 5.03 Å². The molecule has 0 radical (unpaired) electrons. The minimum atomic E-state index is -4.49. The van der Waals surface area contributed by atoms with Gasteiger partial charge >= 0.3 is 11.9 Å². The number of anilines is 1. The molecule has 2 N–H and O–H groups in total. The summed E-state index contributed by atoms with van der Waals surface area (Å²) in [5.41, 5.74) is 0.484. The number of rotatable bonds is 6. The third kappa shape index (κ3) is 5.18. The highest BCUT2D eigenvalue weighted by Crippen LogP contribution is 2.31. The lowest BCUT2D eigenvalue weighted by Gasteiger charge is -2.22. The number of halogens is 3. The van der Waals surface area contributed by atoms with E-state index in [1.54, 1.807) is 0 Å². The van der Waals surface area contributed by atoms with Crippen LogP contribution in [0.2, 0.25) is 0 Å². The van der Waals surface area contributed by atoms with Crippen molar-refractivity contribution in [2.24, 2.45) is 0 Å². The van der Waals surface area contributed by atoms with E-state index in [0.29, 0.717) is 11.4 Å². The first-order valence-corrected chi connectivity index (χ1v) is 10.1. The molecule has 1 amide bonds. The van der Waals surface area contributed by atoms with Gasteiger partial charge in [0, 0.05) is 16.9 Å². The Balaban J connectivity index is 1.72. The Labute approximate surface area is 169 Å². The topological polar surface area (TPSA) is 84.2 Å². The highest BCUT2D eigenvalue weighted by atomic mass is 32.2. The second-order valence-corrected chi connectivity index (χ2v) is 7.59. The predicted molar refractivity (Wildman–Crippen MR) is 103 cm³/mol. The normalized spacial score (nSPS) is 13.8. The Morgan fingerprint density at radius 2 is 2.03 bits per heavy atom. The fourth-order valence-corrected chi connectivity index (χ4v) is 4.18. The molecule has 0 aliphatic heterocycles. The SMILES string of the molecule is O=C(CSc1nc(=O)n(CCO)c2c1CCCC2)Nc1cccc(C(F)(F)F)c1. The molecule has 0 spiro atoms. The molecule has 0 bridgehead atoms. The summed E-state index contributed by atoms with van der Waals surface area (Å²) < 4.78 is 39.8. The van der Waals surface area contributed by atoms with E-state index < -0.39 is 23.3 Å². The van der Waals surface area contributed by atoms with Crippen LogP contribution in [0.1, 0.15) is 29.7 Å². The summed E-state index contributed by atoms with van der Waals surface area (Å²) in [6, 6.07) is 4.42. The quantitative estimate of drug-likeness (QED) is 0.547. The van der Waals surface area contributed by atoms with Gasteiger partial charge < -0.3 is 10.4 Å². The first kappa shape index (κ1) is 21.4. The molecule has 1 heterocycles. The molecule has 0 atom stereocenters. The summed E-state index contributed by atoms with van der Waals surface area (Å²) in [5, 5.41) is 12.1. The van der Waals surface area contributed by atoms with Crippen LogP contribution in [-0.2, 0) is 30.4 Å². The van der Waals surface area contributed by atoms with Crippen LogP contribution in [0.15, 0.2) is 34.1 Å². The van der Waals surface area contributed by atoms with Crippen LogP contribution in [0.4, 0.5) is 18.9 Å². The van der Waals surface area contributed by atoms with Crippen molar-refractivity contribution >= 4 is 23.4 Å². The van der Waals surface area contributed by atoms with Crippen molar-refractivity contribution in [3.63, 3.8) is 0 Å². The van der Waals surface area contributed by atoms with Crippen LogP contribution < -0.4 is 11.0 Å². The Kier molecular flexibility index (Phi) is 6.63. The zero-order valence-corrected chi connectivity index (χ0v) is 16.3. The minimum absolute atomic E-state index is 0.0544. The highest BCUT2D eigenvalue weighted by Gasteiger charge is 2.30. The average molecular weight is 427 g/mol. The molecule has 10 heteroatoms. The second-order valence-electron chi connectivity index (χ2n) is 6.62. The van der Waals surface area contributed by atoms with Crippen molar-refractivity contribution in [2.45, 2.75) is 43.4 Å². The Morgan fingerprint density at radius 1 is 1.28 bits per heavy atom. The first-order valence-electron chi connectivity index (χ1n) is 9.13. The molecule has 1 aliphatic rings. The molecule has 0 fully saturated rings. The number of nitrogens with one attached hydrogen (secondary N) is 1. The maximum Gasteiger partial charge on any atom is 0.416 e. The zero-order valence-electron chi connectivity index (χ0n) is 15.5. The summed E-state index contributed by atoms with van der Waals surface area (Å²) in [4.78, 5) is 28.6. The molecule has 1 aromatic carbocycles. The first-order chi connectivity index (χ1) is 13.8. The van der Waals surface area contributed by atoms with Crippen molar-refractivity contribution in [1.82, 2.24) is 9.55 Å². The summed E-state index contributed by atoms with van der Waals surface area (Å²) >= 11 is 1.09. The predicted octanol–water partition coefficient (Wildman–Crippen LogP) is 2.86. The number of carbonyl (C=O) groups excluding carboxylic acids is 1. The highest BCUT2D eigenvalue weighted by molar-refractivity contribution is 8.00. The monoisotopic (exact) mass is 427 g/mol. The molecular weight excluding hydrogens is 407 g/mol. The van der Waals surface area contributed by atoms with E-state index in [4.69, 9.17) is 0 Å². The molecule has 0 saturated carbocycles. The fraction of sp³-hybridized carbons (Fsp3) is 0.421. The number of alkyl halides is 3. The van der Waals surface area contributed by atoms with Crippen LogP contribution in [-0.4, -0.2) is 32.9 Å².